The highest BCUT2D eigenvalue weighted by Crippen LogP contribution is 2.38. The maximum atomic E-state index is 12.9. The molecule has 5 nitrogen and oxygen atoms in total. The molecule has 1 N–H and O–H groups in total. The molecule has 1 aliphatic rings. The Balaban J connectivity index is 2.01. The van der Waals surface area contributed by atoms with Crippen LogP contribution in [0.3, 0.4) is 0 Å². The number of carbonyl (C=O) groups is 1. The van der Waals surface area contributed by atoms with Crippen LogP contribution >= 0.6 is 11.3 Å². The average Bonchev–Trinajstić information content (AvgIpc) is 2.89. The smallest absolute Gasteiger partial charge is 0.342 e. The average molecular weight is 387 g/mol. The van der Waals surface area contributed by atoms with Crippen molar-refractivity contribution in [3.8, 4) is 5.75 Å². The molecule has 0 radical (unpaired) electrons. The maximum absolute atomic E-state index is 12.9. The molecule has 1 atom stereocenters. The van der Waals surface area contributed by atoms with E-state index in [0.29, 0.717) is 16.1 Å². The quantitative estimate of drug-likeness (QED) is 0.651. The van der Waals surface area contributed by atoms with Gasteiger partial charge in [0.1, 0.15) is 22.7 Å². The number of esters is 1. The van der Waals surface area contributed by atoms with Gasteiger partial charge in [0.15, 0.2) is 0 Å². The third-order valence-corrected chi connectivity index (χ3v) is 5.57. The minimum Gasteiger partial charge on any atom is -0.872 e. The van der Waals surface area contributed by atoms with Gasteiger partial charge in [-0.15, -0.1) is 11.3 Å². The Hall–Kier alpha value is -2.18. The Morgan fingerprint density at radius 3 is 2.78 bits per heavy atom. The standard InChI is InChI=1S/C21H26N2O3S/c1-13-6-7-14(16(24)10-13)11-22-19-18(20(25)26-21(2,3)4)15-8-9-23(5)12-17(15)27-19/h6-7,10-11,24H,8-9,12H2,1-5H3. The monoisotopic (exact) mass is 386 g/mol. The largest absolute Gasteiger partial charge is 0.872 e. The van der Waals surface area contributed by atoms with E-state index in [1.54, 1.807) is 18.3 Å². The SMILES string of the molecule is Cc1ccc(C=Nc2sc3c(c2C(=O)OC(C)(C)C)CC[NH+](C)C3)c([O-])c1. The Bertz CT molecular complexity index is 894. The summed E-state index contributed by atoms with van der Waals surface area (Å²) >= 11 is 1.53. The van der Waals surface area contributed by atoms with Crippen molar-refractivity contribution in [1.82, 2.24) is 0 Å². The lowest BCUT2D eigenvalue weighted by Crippen LogP contribution is -3.08. The van der Waals surface area contributed by atoms with Crippen molar-refractivity contribution in [1.29, 1.82) is 0 Å². The summed E-state index contributed by atoms with van der Waals surface area (Å²) in [5.74, 6) is -0.402. The molecule has 1 aliphatic heterocycles. The molecule has 2 heterocycles. The van der Waals surface area contributed by atoms with Crippen LogP contribution < -0.4 is 10.0 Å². The van der Waals surface area contributed by atoms with Crippen molar-refractivity contribution in [2.45, 2.75) is 46.3 Å². The summed E-state index contributed by atoms with van der Waals surface area (Å²) in [4.78, 5) is 20.0. The molecule has 6 heteroatoms. The zero-order valence-corrected chi connectivity index (χ0v) is 17.3. The summed E-state index contributed by atoms with van der Waals surface area (Å²) in [5, 5.41) is 12.8. The summed E-state index contributed by atoms with van der Waals surface area (Å²) in [6, 6.07) is 5.24. The van der Waals surface area contributed by atoms with Crippen molar-refractivity contribution in [2.24, 2.45) is 4.99 Å². The van der Waals surface area contributed by atoms with Crippen molar-refractivity contribution >= 4 is 28.5 Å². The van der Waals surface area contributed by atoms with E-state index >= 15 is 0 Å². The fourth-order valence-corrected chi connectivity index (χ4v) is 4.41. The number of carbonyl (C=O) groups excluding carboxylic acids is 1. The molecule has 27 heavy (non-hydrogen) atoms. The summed E-state index contributed by atoms with van der Waals surface area (Å²) in [5.41, 5.74) is 2.49. The topological polar surface area (TPSA) is 66.2 Å². The van der Waals surface area contributed by atoms with Crippen molar-refractivity contribution in [2.75, 3.05) is 13.6 Å². The molecular weight excluding hydrogens is 360 g/mol. The molecule has 0 aliphatic carbocycles. The number of aryl methyl sites for hydroxylation is 1. The number of likely N-dealkylation sites (N-methyl/N-ethyl adjacent to an activating group) is 1. The van der Waals surface area contributed by atoms with Crippen LogP contribution in [0.5, 0.6) is 5.75 Å². The van der Waals surface area contributed by atoms with Crippen LogP contribution in [0.4, 0.5) is 5.00 Å². The van der Waals surface area contributed by atoms with E-state index in [-0.39, 0.29) is 11.7 Å². The van der Waals surface area contributed by atoms with E-state index in [2.05, 4.69) is 12.0 Å². The lowest BCUT2D eigenvalue weighted by molar-refractivity contribution is -0.895. The molecule has 144 valence electrons. The van der Waals surface area contributed by atoms with Gasteiger partial charge >= 0.3 is 5.97 Å². The van der Waals surface area contributed by atoms with E-state index in [0.717, 1.165) is 30.6 Å². The zero-order valence-electron chi connectivity index (χ0n) is 16.5. The van der Waals surface area contributed by atoms with Crippen LogP contribution in [0.1, 0.15) is 52.7 Å². The van der Waals surface area contributed by atoms with Crippen LogP contribution in [0.2, 0.25) is 0 Å². The zero-order chi connectivity index (χ0) is 19.8. The van der Waals surface area contributed by atoms with Crippen molar-refractivity contribution in [3.05, 3.63) is 45.3 Å². The number of rotatable bonds is 3. The fraction of sp³-hybridized carbons (Fsp3) is 0.429. The minimum atomic E-state index is -0.567. The summed E-state index contributed by atoms with van der Waals surface area (Å²) in [7, 11) is 2.15. The molecule has 0 bridgehead atoms. The van der Waals surface area contributed by atoms with Gasteiger partial charge in [0.05, 0.1) is 18.5 Å². The van der Waals surface area contributed by atoms with Crippen LogP contribution in [-0.2, 0) is 17.7 Å². The highest BCUT2D eigenvalue weighted by atomic mass is 32.1. The van der Waals surface area contributed by atoms with Gasteiger partial charge in [0.25, 0.3) is 0 Å². The van der Waals surface area contributed by atoms with E-state index in [9.17, 15) is 9.90 Å². The van der Waals surface area contributed by atoms with Crippen LogP contribution in [-0.4, -0.2) is 31.4 Å². The van der Waals surface area contributed by atoms with Gasteiger partial charge < -0.3 is 14.7 Å². The molecule has 1 unspecified atom stereocenters. The van der Waals surface area contributed by atoms with Gasteiger partial charge in [-0.1, -0.05) is 29.5 Å². The number of benzene rings is 1. The van der Waals surface area contributed by atoms with Crippen LogP contribution in [0.25, 0.3) is 0 Å². The Labute approximate surface area is 164 Å². The predicted octanol–water partition coefficient (Wildman–Crippen LogP) is 2.41. The molecule has 0 saturated carbocycles. The Morgan fingerprint density at radius 2 is 2.11 bits per heavy atom. The lowest BCUT2D eigenvalue weighted by Gasteiger charge is -2.22. The number of nitrogens with zero attached hydrogens (tertiary/aromatic N) is 1. The number of fused-ring (bicyclic) bond motifs is 1. The Morgan fingerprint density at radius 1 is 1.37 bits per heavy atom. The summed E-state index contributed by atoms with van der Waals surface area (Å²) < 4.78 is 5.63. The number of ether oxygens (including phenoxy) is 1. The summed E-state index contributed by atoms with van der Waals surface area (Å²) in [6.07, 6.45) is 2.39. The normalized spacial score (nSPS) is 17.1. The van der Waals surface area contributed by atoms with Gasteiger partial charge in [-0.05, 0) is 38.8 Å². The molecule has 0 saturated heterocycles. The number of thiophene rings is 1. The molecule has 2 aromatic rings. The first kappa shape index (κ1) is 19.6. The van der Waals surface area contributed by atoms with Crippen LogP contribution in [0, 0.1) is 6.92 Å². The number of hydrogen-bond donors (Lipinski definition) is 1. The molecule has 1 aromatic heterocycles. The number of aliphatic imine (C=N–C) groups is 1. The number of quaternary nitrogens is 1. The molecule has 0 spiro atoms. The Kier molecular flexibility index (Phi) is 5.40. The second-order valence-corrected chi connectivity index (χ2v) is 9.20. The van der Waals surface area contributed by atoms with Gasteiger partial charge in [0, 0.05) is 12.6 Å². The van der Waals surface area contributed by atoms with E-state index in [4.69, 9.17) is 4.74 Å². The summed E-state index contributed by atoms with van der Waals surface area (Å²) in [6.45, 7) is 9.32. The van der Waals surface area contributed by atoms with Gasteiger partial charge in [-0.25, -0.2) is 9.79 Å². The third kappa shape index (κ3) is 4.57. The molecule has 3 rings (SSSR count). The minimum absolute atomic E-state index is 0.0666. The van der Waals surface area contributed by atoms with E-state index in [1.165, 1.54) is 21.1 Å². The van der Waals surface area contributed by atoms with Crippen LogP contribution in [0.15, 0.2) is 23.2 Å². The first-order valence-electron chi connectivity index (χ1n) is 9.15. The third-order valence-electron chi connectivity index (χ3n) is 4.43. The molecule has 0 amide bonds. The van der Waals surface area contributed by atoms with E-state index in [1.807, 2.05) is 33.8 Å². The van der Waals surface area contributed by atoms with Gasteiger partial charge in [0.2, 0.25) is 0 Å². The van der Waals surface area contributed by atoms with Crippen molar-refractivity contribution < 1.29 is 19.5 Å². The fourth-order valence-electron chi connectivity index (χ4n) is 3.11. The lowest BCUT2D eigenvalue weighted by atomic mass is 10.0. The molecular formula is C21H26N2O3S. The highest BCUT2D eigenvalue weighted by Gasteiger charge is 2.31. The maximum Gasteiger partial charge on any atom is 0.342 e. The number of nitrogens with one attached hydrogen (secondary N) is 1. The second-order valence-electron chi connectivity index (χ2n) is 8.12. The second kappa shape index (κ2) is 7.44. The number of hydrogen-bond acceptors (Lipinski definition) is 5. The van der Waals surface area contributed by atoms with Crippen molar-refractivity contribution in [3.63, 3.8) is 0 Å². The first-order chi connectivity index (χ1) is 12.6. The molecule has 1 aromatic carbocycles. The molecule has 0 fully saturated rings. The first-order valence-corrected chi connectivity index (χ1v) is 9.96. The van der Waals surface area contributed by atoms with Gasteiger partial charge in [-0.3, -0.25) is 0 Å². The predicted molar refractivity (Wildman–Crippen MR) is 107 cm³/mol. The highest BCUT2D eigenvalue weighted by molar-refractivity contribution is 7.16. The van der Waals surface area contributed by atoms with Gasteiger partial charge in [-0.2, -0.15) is 0 Å². The van der Waals surface area contributed by atoms with E-state index < -0.39 is 5.60 Å².